The molecule has 1 aromatic heterocycles. The molecule has 1 fully saturated rings. The summed E-state index contributed by atoms with van der Waals surface area (Å²) in [6.07, 6.45) is 2.77. The molecule has 4 rings (SSSR count). The first-order valence-electron chi connectivity index (χ1n) is 11.5. The van der Waals surface area contributed by atoms with Gasteiger partial charge in [0.15, 0.2) is 12.3 Å². The molecular weight excluding hydrogens is 416 g/mol. The zero-order chi connectivity index (χ0) is 23.2. The van der Waals surface area contributed by atoms with Crippen LogP contribution in [-0.4, -0.2) is 46.2 Å². The van der Waals surface area contributed by atoms with E-state index in [1.54, 1.807) is 10.7 Å². The third-order valence-corrected chi connectivity index (χ3v) is 5.94. The van der Waals surface area contributed by atoms with E-state index in [0.29, 0.717) is 17.9 Å². The number of nitrogens with zero attached hydrogens (tertiary/aromatic N) is 3. The fourth-order valence-electron chi connectivity index (χ4n) is 4.15. The summed E-state index contributed by atoms with van der Waals surface area (Å²) < 4.78 is 7.66. The topological polar surface area (TPSA) is 76.5 Å². The average molecular weight is 447 g/mol. The van der Waals surface area contributed by atoms with E-state index in [1.165, 1.54) is 0 Å². The van der Waals surface area contributed by atoms with Crippen LogP contribution in [0.3, 0.4) is 0 Å². The van der Waals surface area contributed by atoms with Crippen LogP contribution in [0.4, 0.5) is 0 Å². The van der Waals surface area contributed by atoms with Crippen molar-refractivity contribution in [2.45, 2.75) is 39.2 Å². The van der Waals surface area contributed by atoms with Crippen molar-refractivity contribution in [1.29, 1.82) is 0 Å². The molecule has 0 radical (unpaired) electrons. The number of benzene rings is 2. The van der Waals surface area contributed by atoms with Crippen molar-refractivity contribution >= 4 is 11.8 Å². The van der Waals surface area contributed by atoms with Crippen LogP contribution in [0.2, 0.25) is 0 Å². The molecule has 172 valence electrons. The number of amides is 2. The van der Waals surface area contributed by atoms with Crippen LogP contribution in [0.25, 0.3) is 5.69 Å². The van der Waals surface area contributed by atoms with Gasteiger partial charge in [-0.2, -0.15) is 5.10 Å². The lowest BCUT2D eigenvalue weighted by atomic mass is 10.0. The molecule has 0 saturated carbocycles. The highest BCUT2D eigenvalue weighted by molar-refractivity contribution is 5.92. The molecule has 1 saturated heterocycles. The van der Waals surface area contributed by atoms with Crippen molar-refractivity contribution < 1.29 is 14.3 Å². The van der Waals surface area contributed by atoms with Crippen molar-refractivity contribution in [2.24, 2.45) is 0 Å². The molecule has 7 heteroatoms. The van der Waals surface area contributed by atoms with E-state index in [-0.39, 0.29) is 24.5 Å². The minimum Gasteiger partial charge on any atom is -0.483 e. The van der Waals surface area contributed by atoms with Crippen LogP contribution in [0.15, 0.2) is 60.7 Å². The van der Waals surface area contributed by atoms with Crippen LogP contribution in [0, 0.1) is 6.92 Å². The lowest BCUT2D eigenvalue weighted by Gasteiger charge is -2.21. The monoisotopic (exact) mass is 446 g/mol. The Kier molecular flexibility index (Phi) is 7.07. The predicted molar refractivity (Wildman–Crippen MR) is 127 cm³/mol. The summed E-state index contributed by atoms with van der Waals surface area (Å²) in [4.78, 5) is 27.3. The van der Waals surface area contributed by atoms with Gasteiger partial charge in [-0.05, 0) is 50.5 Å². The largest absolute Gasteiger partial charge is 0.483 e. The normalized spacial score (nSPS) is 14.2. The molecule has 1 N–H and O–H groups in total. The van der Waals surface area contributed by atoms with Gasteiger partial charge in [0.1, 0.15) is 5.75 Å². The summed E-state index contributed by atoms with van der Waals surface area (Å²) in [5.74, 6) is 0.368. The predicted octanol–water partition coefficient (Wildman–Crippen LogP) is 4.06. The van der Waals surface area contributed by atoms with Gasteiger partial charge in [0.25, 0.3) is 11.8 Å². The third-order valence-electron chi connectivity index (χ3n) is 5.94. The van der Waals surface area contributed by atoms with Gasteiger partial charge in [0.2, 0.25) is 0 Å². The summed E-state index contributed by atoms with van der Waals surface area (Å²) in [6, 6.07) is 18.8. The number of rotatable bonds is 8. The molecule has 1 aliphatic rings. The summed E-state index contributed by atoms with van der Waals surface area (Å²) in [5, 5.41) is 7.59. The number of hydrogen-bond donors (Lipinski definition) is 1. The summed E-state index contributed by atoms with van der Waals surface area (Å²) in [5.41, 5.74) is 2.99. The SMILES string of the molecule is CCC(NC(=O)c1cc(C)n(-c2ccccc2)n1)c1ccccc1OCC(=O)N1CCCC1. The molecule has 3 aromatic rings. The van der Waals surface area contributed by atoms with Gasteiger partial charge in [-0.25, -0.2) is 4.68 Å². The minimum absolute atomic E-state index is 0.00122. The highest BCUT2D eigenvalue weighted by atomic mass is 16.5. The zero-order valence-electron chi connectivity index (χ0n) is 19.2. The Hall–Kier alpha value is -3.61. The molecule has 2 heterocycles. The Bertz CT molecular complexity index is 1100. The molecule has 0 spiro atoms. The van der Waals surface area contributed by atoms with E-state index in [0.717, 1.165) is 42.9 Å². The molecule has 1 unspecified atom stereocenters. The van der Waals surface area contributed by atoms with Crippen molar-refractivity contribution in [3.63, 3.8) is 0 Å². The van der Waals surface area contributed by atoms with Crippen LogP contribution in [-0.2, 0) is 4.79 Å². The quantitative estimate of drug-likeness (QED) is 0.566. The van der Waals surface area contributed by atoms with Crippen LogP contribution in [0.5, 0.6) is 5.75 Å². The van der Waals surface area contributed by atoms with E-state index >= 15 is 0 Å². The first-order chi connectivity index (χ1) is 16.1. The Morgan fingerprint density at radius 2 is 1.76 bits per heavy atom. The second-order valence-electron chi connectivity index (χ2n) is 8.27. The van der Waals surface area contributed by atoms with Gasteiger partial charge in [-0.3, -0.25) is 9.59 Å². The Morgan fingerprint density at radius 1 is 1.06 bits per heavy atom. The standard InChI is InChI=1S/C26H30N4O3/c1-3-22(21-13-7-8-14-24(21)33-18-25(31)29-15-9-10-16-29)27-26(32)23-17-19(2)30(28-23)20-11-5-4-6-12-20/h4-8,11-14,17,22H,3,9-10,15-16,18H2,1-2H3,(H,27,32). The van der Waals surface area contributed by atoms with Gasteiger partial charge >= 0.3 is 0 Å². The van der Waals surface area contributed by atoms with Crippen molar-refractivity contribution in [1.82, 2.24) is 20.0 Å². The van der Waals surface area contributed by atoms with Gasteiger partial charge in [0, 0.05) is 24.3 Å². The molecule has 33 heavy (non-hydrogen) atoms. The average Bonchev–Trinajstić information content (AvgIpc) is 3.52. The molecule has 2 aromatic carbocycles. The Balaban J connectivity index is 1.47. The zero-order valence-corrected chi connectivity index (χ0v) is 19.2. The molecule has 0 bridgehead atoms. The van der Waals surface area contributed by atoms with E-state index in [9.17, 15) is 9.59 Å². The second-order valence-corrected chi connectivity index (χ2v) is 8.27. The second kappa shape index (κ2) is 10.3. The molecule has 7 nitrogen and oxygen atoms in total. The number of nitrogens with one attached hydrogen (secondary N) is 1. The third kappa shape index (κ3) is 5.25. The van der Waals surface area contributed by atoms with Gasteiger partial charge in [-0.15, -0.1) is 0 Å². The summed E-state index contributed by atoms with van der Waals surface area (Å²) in [7, 11) is 0. The van der Waals surface area contributed by atoms with Crippen LogP contribution in [0.1, 0.15) is 54.0 Å². The van der Waals surface area contributed by atoms with E-state index in [1.807, 2.05) is 73.3 Å². The number of hydrogen-bond acceptors (Lipinski definition) is 4. The van der Waals surface area contributed by atoms with Crippen LogP contribution >= 0.6 is 0 Å². The van der Waals surface area contributed by atoms with E-state index < -0.39 is 0 Å². The molecule has 1 atom stereocenters. The maximum Gasteiger partial charge on any atom is 0.272 e. The molecule has 2 amide bonds. The smallest absolute Gasteiger partial charge is 0.272 e. The Labute approximate surface area is 194 Å². The first kappa shape index (κ1) is 22.6. The maximum atomic E-state index is 13.0. The number of ether oxygens (including phenoxy) is 1. The van der Waals surface area contributed by atoms with Crippen molar-refractivity contribution in [3.05, 3.63) is 77.6 Å². The highest BCUT2D eigenvalue weighted by Gasteiger charge is 2.22. The van der Waals surface area contributed by atoms with Crippen molar-refractivity contribution in [3.8, 4) is 11.4 Å². The van der Waals surface area contributed by atoms with E-state index in [4.69, 9.17) is 4.74 Å². The van der Waals surface area contributed by atoms with Gasteiger partial charge < -0.3 is 15.0 Å². The number of aryl methyl sites for hydroxylation is 1. The van der Waals surface area contributed by atoms with Gasteiger partial charge in [0.05, 0.1) is 11.7 Å². The number of para-hydroxylation sites is 2. The van der Waals surface area contributed by atoms with Crippen molar-refractivity contribution in [2.75, 3.05) is 19.7 Å². The highest BCUT2D eigenvalue weighted by Crippen LogP contribution is 2.28. The Morgan fingerprint density at radius 3 is 2.48 bits per heavy atom. The summed E-state index contributed by atoms with van der Waals surface area (Å²) >= 11 is 0. The maximum absolute atomic E-state index is 13.0. The van der Waals surface area contributed by atoms with Crippen LogP contribution < -0.4 is 10.1 Å². The minimum atomic E-state index is -0.266. The fourth-order valence-corrected chi connectivity index (χ4v) is 4.15. The first-order valence-corrected chi connectivity index (χ1v) is 11.5. The lowest BCUT2D eigenvalue weighted by molar-refractivity contribution is -0.132. The molecule has 1 aliphatic heterocycles. The number of carbonyl (C=O) groups is 2. The molecule has 0 aliphatic carbocycles. The fraction of sp³-hybridized carbons (Fsp3) is 0.346. The summed E-state index contributed by atoms with van der Waals surface area (Å²) in [6.45, 7) is 5.53. The molecular formula is C26H30N4O3. The van der Waals surface area contributed by atoms with E-state index in [2.05, 4.69) is 10.4 Å². The lowest BCUT2D eigenvalue weighted by Crippen LogP contribution is -2.33. The number of likely N-dealkylation sites (tertiary alicyclic amines) is 1. The number of carbonyl (C=O) groups excluding carboxylic acids is 2. The van der Waals surface area contributed by atoms with Gasteiger partial charge in [-0.1, -0.05) is 43.3 Å². The number of aromatic nitrogens is 2.